The van der Waals surface area contributed by atoms with Crippen LogP contribution in [0.15, 0.2) is 48.5 Å². The minimum atomic E-state index is -0.431. The zero-order chi connectivity index (χ0) is 14.1. The molecule has 0 radical (unpaired) electrons. The molecule has 0 spiro atoms. The number of benzene rings is 2. The second kappa shape index (κ2) is 5.06. The molecule has 2 aromatic carbocycles. The minimum Gasteiger partial charge on any atom is -0.319 e. The Kier molecular flexibility index (Phi) is 3.24. The van der Waals surface area contributed by atoms with Gasteiger partial charge in [0, 0.05) is 4.70 Å². The molecule has 0 saturated heterocycles. The van der Waals surface area contributed by atoms with E-state index in [1.807, 2.05) is 31.2 Å². The van der Waals surface area contributed by atoms with Crippen molar-refractivity contribution < 1.29 is 9.18 Å². The monoisotopic (exact) mass is 285 g/mol. The van der Waals surface area contributed by atoms with Gasteiger partial charge >= 0.3 is 0 Å². The highest BCUT2D eigenvalue weighted by molar-refractivity contribution is 7.21. The molecule has 3 rings (SSSR count). The minimum absolute atomic E-state index is 0.203. The third-order valence-corrected chi connectivity index (χ3v) is 4.44. The highest BCUT2D eigenvalue weighted by Crippen LogP contribution is 2.31. The molecule has 1 aromatic heterocycles. The van der Waals surface area contributed by atoms with Gasteiger partial charge < -0.3 is 5.32 Å². The van der Waals surface area contributed by atoms with Gasteiger partial charge in [-0.25, -0.2) is 4.39 Å². The third kappa shape index (κ3) is 2.18. The first-order chi connectivity index (χ1) is 9.66. The highest BCUT2D eigenvalue weighted by atomic mass is 32.1. The van der Waals surface area contributed by atoms with Gasteiger partial charge in [0.05, 0.1) is 10.6 Å². The first-order valence-corrected chi connectivity index (χ1v) is 7.02. The standard InChI is InChI=1S/C16H12FNOS/c1-10-11-6-2-5-9-14(11)20-15(10)16(19)18-13-8-4-3-7-12(13)17/h2-9H,1H3,(H,18,19). The van der Waals surface area contributed by atoms with E-state index >= 15 is 0 Å². The molecular formula is C16H12FNOS. The fourth-order valence-electron chi connectivity index (χ4n) is 2.13. The fourth-order valence-corrected chi connectivity index (χ4v) is 3.24. The maximum Gasteiger partial charge on any atom is 0.266 e. The van der Waals surface area contributed by atoms with Crippen LogP contribution in [-0.4, -0.2) is 5.91 Å². The normalized spacial score (nSPS) is 10.7. The van der Waals surface area contributed by atoms with E-state index < -0.39 is 5.82 Å². The topological polar surface area (TPSA) is 29.1 Å². The summed E-state index contributed by atoms with van der Waals surface area (Å²) < 4.78 is 14.6. The van der Waals surface area contributed by atoms with Gasteiger partial charge in [-0.1, -0.05) is 30.3 Å². The Morgan fingerprint density at radius 3 is 2.55 bits per heavy atom. The summed E-state index contributed by atoms with van der Waals surface area (Å²) in [6.45, 7) is 1.91. The molecule has 20 heavy (non-hydrogen) atoms. The lowest BCUT2D eigenvalue weighted by Crippen LogP contribution is -2.12. The number of fused-ring (bicyclic) bond motifs is 1. The summed E-state index contributed by atoms with van der Waals surface area (Å²) in [4.78, 5) is 12.9. The largest absolute Gasteiger partial charge is 0.319 e. The number of aryl methyl sites for hydroxylation is 1. The molecule has 0 aliphatic rings. The molecular weight excluding hydrogens is 273 g/mol. The van der Waals surface area contributed by atoms with Crippen molar-refractivity contribution in [1.82, 2.24) is 0 Å². The summed E-state index contributed by atoms with van der Waals surface area (Å²) in [5, 5.41) is 3.69. The van der Waals surface area contributed by atoms with Crippen molar-refractivity contribution in [2.24, 2.45) is 0 Å². The Morgan fingerprint density at radius 2 is 1.80 bits per heavy atom. The van der Waals surface area contributed by atoms with Crippen molar-refractivity contribution in [3.8, 4) is 0 Å². The molecule has 0 fully saturated rings. The highest BCUT2D eigenvalue weighted by Gasteiger charge is 2.16. The van der Waals surface area contributed by atoms with Crippen molar-refractivity contribution in [3.63, 3.8) is 0 Å². The number of carbonyl (C=O) groups is 1. The Balaban J connectivity index is 1.97. The lowest BCUT2D eigenvalue weighted by atomic mass is 10.1. The van der Waals surface area contributed by atoms with Crippen molar-refractivity contribution >= 4 is 33.0 Å². The molecule has 2 nitrogen and oxygen atoms in total. The van der Waals surface area contributed by atoms with Gasteiger partial charge in [-0.3, -0.25) is 4.79 Å². The van der Waals surface area contributed by atoms with Crippen LogP contribution in [0.25, 0.3) is 10.1 Å². The smallest absolute Gasteiger partial charge is 0.266 e. The lowest BCUT2D eigenvalue weighted by molar-refractivity contribution is 0.102. The Bertz CT molecular complexity index is 794. The summed E-state index contributed by atoms with van der Waals surface area (Å²) in [5.41, 5.74) is 1.13. The van der Waals surface area contributed by atoms with Crippen LogP contribution in [0.2, 0.25) is 0 Å². The summed E-state index contributed by atoms with van der Waals surface area (Å²) in [6, 6.07) is 14.0. The van der Waals surface area contributed by atoms with E-state index in [0.29, 0.717) is 4.88 Å². The van der Waals surface area contributed by atoms with E-state index in [-0.39, 0.29) is 11.6 Å². The first-order valence-electron chi connectivity index (χ1n) is 6.21. The molecule has 3 aromatic rings. The van der Waals surface area contributed by atoms with Crippen LogP contribution in [0, 0.1) is 12.7 Å². The molecule has 4 heteroatoms. The van der Waals surface area contributed by atoms with E-state index in [1.54, 1.807) is 18.2 Å². The average molecular weight is 285 g/mol. The lowest BCUT2D eigenvalue weighted by Gasteiger charge is -2.05. The van der Waals surface area contributed by atoms with Crippen LogP contribution < -0.4 is 5.32 Å². The number of carbonyl (C=O) groups excluding carboxylic acids is 1. The van der Waals surface area contributed by atoms with Crippen LogP contribution >= 0.6 is 11.3 Å². The Hall–Kier alpha value is -2.20. The number of halogens is 1. The van der Waals surface area contributed by atoms with E-state index in [2.05, 4.69) is 5.32 Å². The molecule has 0 bridgehead atoms. The molecule has 100 valence electrons. The van der Waals surface area contributed by atoms with Crippen LogP contribution in [0.5, 0.6) is 0 Å². The quantitative estimate of drug-likeness (QED) is 0.732. The molecule has 1 heterocycles. The SMILES string of the molecule is Cc1c(C(=O)Nc2ccccc2F)sc2ccccc12. The van der Waals surface area contributed by atoms with Crippen molar-refractivity contribution in [1.29, 1.82) is 0 Å². The van der Waals surface area contributed by atoms with Gasteiger partial charge in [-0.05, 0) is 36.1 Å². The summed E-state index contributed by atoms with van der Waals surface area (Å²) in [7, 11) is 0. The van der Waals surface area contributed by atoms with Gasteiger partial charge in [-0.2, -0.15) is 0 Å². The number of hydrogen-bond donors (Lipinski definition) is 1. The van der Waals surface area contributed by atoms with Crippen molar-refractivity contribution in [3.05, 3.63) is 64.8 Å². The number of rotatable bonds is 2. The van der Waals surface area contributed by atoms with Gasteiger partial charge in [0.15, 0.2) is 0 Å². The third-order valence-electron chi connectivity index (χ3n) is 3.17. The van der Waals surface area contributed by atoms with E-state index in [1.165, 1.54) is 17.4 Å². The van der Waals surface area contributed by atoms with Crippen molar-refractivity contribution in [2.45, 2.75) is 6.92 Å². The molecule has 0 aliphatic heterocycles. The second-order valence-electron chi connectivity index (χ2n) is 4.49. The number of anilines is 1. The maximum atomic E-state index is 13.6. The van der Waals surface area contributed by atoms with Crippen molar-refractivity contribution in [2.75, 3.05) is 5.32 Å². The van der Waals surface area contributed by atoms with Crippen LogP contribution in [0.1, 0.15) is 15.2 Å². The number of para-hydroxylation sites is 1. The molecule has 0 atom stereocenters. The van der Waals surface area contributed by atoms with Crippen LogP contribution in [-0.2, 0) is 0 Å². The number of thiophene rings is 1. The predicted molar refractivity (Wildman–Crippen MR) is 80.9 cm³/mol. The number of hydrogen-bond acceptors (Lipinski definition) is 2. The van der Waals surface area contributed by atoms with Gasteiger partial charge in [0.2, 0.25) is 0 Å². The maximum absolute atomic E-state index is 13.6. The number of amides is 1. The van der Waals surface area contributed by atoms with E-state index in [9.17, 15) is 9.18 Å². The van der Waals surface area contributed by atoms with Gasteiger partial charge in [0.25, 0.3) is 5.91 Å². The Morgan fingerprint density at radius 1 is 1.10 bits per heavy atom. The van der Waals surface area contributed by atoms with Crippen LogP contribution in [0.4, 0.5) is 10.1 Å². The molecule has 0 saturated carbocycles. The molecule has 0 aliphatic carbocycles. The zero-order valence-corrected chi connectivity index (χ0v) is 11.6. The van der Waals surface area contributed by atoms with Crippen LogP contribution in [0.3, 0.4) is 0 Å². The number of nitrogens with one attached hydrogen (secondary N) is 1. The van der Waals surface area contributed by atoms with Gasteiger partial charge in [0.1, 0.15) is 5.82 Å². The summed E-state index contributed by atoms with van der Waals surface area (Å²) in [5.74, 6) is -0.701. The van der Waals surface area contributed by atoms with E-state index in [0.717, 1.165) is 15.6 Å². The summed E-state index contributed by atoms with van der Waals surface area (Å²) in [6.07, 6.45) is 0. The zero-order valence-electron chi connectivity index (χ0n) is 10.8. The molecule has 0 unspecified atom stereocenters. The summed E-state index contributed by atoms with van der Waals surface area (Å²) >= 11 is 1.42. The second-order valence-corrected chi connectivity index (χ2v) is 5.54. The van der Waals surface area contributed by atoms with Gasteiger partial charge in [-0.15, -0.1) is 11.3 Å². The Labute approximate surface area is 119 Å². The first kappa shape index (κ1) is 12.8. The predicted octanol–water partition coefficient (Wildman–Crippen LogP) is 4.60. The molecule has 1 amide bonds. The average Bonchev–Trinajstić information content (AvgIpc) is 2.79. The molecule has 1 N–H and O–H groups in total. The van der Waals surface area contributed by atoms with E-state index in [4.69, 9.17) is 0 Å². The fraction of sp³-hybridized carbons (Fsp3) is 0.0625.